The molecular formula is C20H17Cl2NO3. The highest BCUT2D eigenvalue weighted by molar-refractivity contribution is 6.35. The summed E-state index contributed by atoms with van der Waals surface area (Å²) in [6.07, 6.45) is 0. The molecule has 1 amide bonds. The van der Waals surface area contributed by atoms with Gasteiger partial charge in [-0.3, -0.25) is 4.79 Å². The number of hydrogen-bond donors (Lipinski definition) is 1. The maximum Gasteiger partial charge on any atom is 0.291 e. The number of anilines is 1. The molecule has 4 nitrogen and oxygen atoms in total. The molecule has 6 heteroatoms. The summed E-state index contributed by atoms with van der Waals surface area (Å²) in [5, 5.41) is 3.81. The van der Waals surface area contributed by atoms with Gasteiger partial charge in [0.2, 0.25) is 0 Å². The fraction of sp³-hybridized carbons (Fsp3) is 0.150. The smallest absolute Gasteiger partial charge is 0.291 e. The maximum absolute atomic E-state index is 12.4. The van der Waals surface area contributed by atoms with Crippen LogP contribution in [0.1, 0.15) is 27.4 Å². The number of hydrogen-bond acceptors (Lipinski definition) is 3. The quantitative estimate of drug-likeness (QED) is 0.578. The molecule has 0 spiro atoms. The van der Waals surface area contributed by atoms with Gasteiger partial charge in [0.25, 0.3) is 5.91 Å². The summed E-state index contributed by atoms with van der Waals surface area (Å²) in [6, 6.07) is 14.0. The van der Waals surface area contributed by atoms with E-state index in [0.29, 0.717) is 21.6 Å². The number of ether oxygens (including phenoxy) is 1. The van der Waals surface area contributed by atoms with Gasteiger partial charge in [0, 0.05) is 10.7 Å². The van der Waals surface area contributed by atoms with E-state index in [1.54, 1.807) is 30.3 Å². The molecule has 0 atom stereocenters. The van der Waals surface area contributed by atoms with Crippen molar-refractivity contribution in [3.8, 4) is 5.75 Å². The number of benzene rings is 2. The van der Waals surface area contributed by atoms with Crippen LogP contribution in [0.25, 0.3) is 0 Å². The molecule has 1 heterocycles. The highest BCUT2D eigenvalue weighted by Gasteiger charge is 2.14. The molecule has 0 saturated heterocycles. The lowest BCUT2D eigenvalue weighted by molar-refractivity contribution is 0.0992. The van der Waals surface area contributed by atoms with Gasteiger partial charge in [0.1, 0.15) is 18.1 Å². The molecule has 3 rings (SSSR count). The van der Waals surface area contributed by atoms with Gasteiger partial charge in [-0.05, 0) is 61.4 Å². The third-order valence-electron chi connectivity index (χ3n) is 4.00. The molecule has 1 aromatic heterocycles. The number of aryl methyl sites for hydroxylation is 1. The summed E-state index contributed by atoms with van der Waals surface area (Å²) >= 11 is 11.9. The van der Waals surface area contributed by atoms with Crippen molar-refractivity contribution in [2.24, 2.45) is 0 Å². The van der Waals surface area contributed by atoms with Gasteiger partial charge < -0.3 is 14.5 Å². The number of rotatable bonds is 5. The van der Waals surface area contributed by atoms with Gasteiger partial charge >= 0.3 is 0 Å². The van der Waals surface area contributed by atoms with Crippen molar-refractivity contribution in [1.29, 1.82) is 0 Å². The van der Waals surface area contributed by atoms with Crippen LogP contribution in [0.5, 0.6) is 5.75 Å². The largest absolute Gasteiger partial charge is 0.484 e. The van der Waals surface area contributed by atoms with Gasteiger partial charge in [-0.1, -0.05) is 35.3 Å². The van der Waals surface area contributed by atoms with Crippen LogP contribution >= 0.6 is 23.2 Å². The summed E-state index contributed by atoms with van der Waals surface area (Å²) in [7, 11) is 0. The molecule has 134 valence electrons. The van der Waals surface area contributed by atoms with E-state index in [4.69, 9.17) is 32.4 Å². The molecule has 0 unspecified atom stereocenters. The molecule has 0 aliphatic rings. The Balaban J connectivity index is 1.65. The Kier molecular flexibility index (Phi) is 5.55. The van der Waals surface area contributed by atoms with Crippen LogP contribution in [-0.4, -0.2) is 5.91 Å². The molecule has 2 aromatic carbocycles. The average Bonchev–Trinajstić information content (AvgIpc) is 3.07. The van der Waals surface area contributed by atoms with Crippen LogP contribution in [-0.2, 0) is 6.61 Å². The molecule has 26 heavy (non-hydrogen) atoms. The van der Waals surface area contributed by atoms with Gasteiger partial charge in [0.05, 0.1) is 5.02 Å². The minimum atomic E-state index is -0.311. The standard InChI is InChI=1S/C20H17Cl2NO3/c1-12-4-3-5-17(13(12)2)23-20(24)19-9-7-15(26-19)11-25-18-8-6-14(21)10-16(18)22/h3-10H,11H2,1-2H3,(H,23,24). The Labute approximate surface area is 161 Å². The second-order valence-corrected chi connectivity index (χ2v) is 6.67. The molecule has 0 aliphatic heterocycles. The third kappa shape index (κ3) is 4.21. The van der Waals surface area contributed by atoms with E-state index >= 15 is 0 Å². The van der Waals surface area contributed by atoms with Crippen LogP contribution in [0.2, 0.25) is 10.0 Å². The average molecular weight is 390 g/mol. The Bertz CT molecular complexity index is 950. The highest BCUT2D eigenvalue weighted by Crippen LogP contribution is 2.28. The first-order chi connectivity index (χ1) is 12.4. The first-order valence-electron chi connectivity index (χ1n) is 7.98. The Morgan fingerprint density at radius 1 is 1.12 bits per heavy atom. The molecule has 3 aromatic rings. The number of furan rings is 1. The lowest BCUT2D eigenvalue weighted by atomic mass is 10.1. The van der Waals surface area contributed by atoms with Crippen molar-refractivity contribution < 1.29 is 13.9 Å². The number of carbonyl (C=O) groups is 1. The maximum atomic E-state index is 12.4. The molecule has 0 radical (unpaired) electrons. The third-order valence-corrected chi connectivity index (χ3v) is 4.53. The van der Waals surface area contributed by atoms with E-state index in [-0.39, 0.29) is 18.3 Å². The van der Waals surface area contributed by atoms with Crippen molar-refractivity contribution in [3.05, 3.63) is 81.2 Å². The van der Waals surface area contributed by atoms with Crippen LogP contribution in [0, 0.1) is 13.8 Å². The van der Waals surface area contributed by atoms with Crippen molar-refractivity contribution in [1.82, 2.24) is 0 Å². The first kappa shape index (κ1) is 18.4. The SMILES string of the molecule is Cc1cccc(NC(=O)c2ccc(COc3ccc(Cl)cc3Cl)o2)c1C. The summed E-state index contributed by atoms with van der Waals surface area (Å²) in [5.74, 6) is 0.914. The van der Waals surface area contributed by atoms with E-state index < -0.39 is 0 Å². The summed E-state index contributed by atoms with van der Waals surface area (Å²) in [6.45, 7) is 4.11. The van der Waals surface area contributed by atoms with E-state index in [2.05, 4.69) is 5.32 Å². The fourth-order valence-electron chi connectivity index (χ4n) is 2.39. The lowest BCUT2D eigenvalue weighted by Crippen LogP contribution is -2.12. The zero-order chi connectivity index (χ0) is 18.7. The molecule has 0 bridgehead atoms. The highest BCUT2D eigenvalue weighted by atomic mass is 35.5. The summed E-state index contributed by atoms with van der Waals surface area (Å²) in [4.78, 5) is 12.4. The Hall–Kier alpha value is -2.43. The molecule has 0 aliphatic carbocycles. The normalized spacial score (nSPS) is 10.6. The van der Waals surface area contributed by atoms with E-state index in [1.807, 2.05) is 32.0 Å². The zero-order valence-electron chi connectivity index (χ0n) is 14.3. The lowest BCUT2D eigenvalue weighted by Gasteiger charge is -2.09. The minimum Gasteiger partial charge on any atom is -0.484 e. The molecule has 1 N–H and O–H groups in total. The van der Waals surface area contributed by atoms with Gasteiger partial charge in [-0.25, -0.2) is 0 Å². The molecule has 0 saturated carbocycles. The number of nitrogens with one attached hydrogen (secondary N) is 1. The van der Waals surface area contributed by atoms with Gasteiger partial charge in [0.15, 0.2) is 5.76 Å². The van der Waals surface area contributed by atoms with Crippen molar-refractivity contribution in [3.63, 3.8) is 0 Å². The second-order valence-electron chi connectivity index (χ2n) is 5.83. The predicted octanol–water partition coefficient (Wildman–Crippen LogP) is 6.03. The number of amides is 1. The Morgan fingerprint density at radius 3 is 2.69 bits per heavy atom. The summed E-state index contributed by atoms with van der Waals surface area (Å²) < 4.78 is 11.2. The van der Waals surface area contributed by atoms with Crippen LogP contribution in [0.15, 0.2) is 52.9 Å². The topological polar surface area (TPSA) is 51.5 Å². The van der Waals surface area contributed by atoms with Crippen molar-refractivity contribution in [2.75, 3.05) is 5.32 Å². The minimum absolute atomic E-state index is 0.151. The van der Waals surface area contributed by atoms with Crippen LogP contribution in [0.3, 0.4) is 0 Å². The van der Waals surface area contributed by atoms with Gasteiger partial charge in [-0.2, -0.15) is 0 Å². The van der Waals surface area contributed by atoms with Crippen LogP contribution in [0.4, 0.5) is 5.69 Å². The van der Waals surface area contributed by atoms with E-state index in [0.717, 1.165) is 16.8 Å². The number of carbonyl (C=O) groups excluding carboxylic acids is 1. The molecular weight excluding hydrogens is 373 g/mol. The zero-order valence-corrected chi connectivity index (χ0v) is 15.8. The fourth-order valence-corrected chi connectivity index (χ4v) is 2.85. The number of halogens is 2. The summed E-state index contributed by atoms with van der Waals surface area (Å²) in [5.41, 5.74) is 2.89. The first-order valence-corrected chi connectivity index (χ1v) is 8.74. The van der Waals surface area contributed by atoms with E-state index in [9.17, 15) is 4.79 Å². The molecule has 0 fully saturated rings. The second kappa shape index (κ2) is 7.85. The Morgan fingerprint density at radius 2 is 1.92 bits per heavy atom. The van der Waals surface area contributed by atoms with Crippen LogP contribution < -0.4 is 10.1 Å². The monoisotopic (exact) mass is 389 g/mol. The predicted molar refractivity (Wildman–Crippen MR) is 103 cm³/mol. The van der Waals surface area contributed by atoms with Crippen molar-refractivity contribution in [2.45, 2.75) is 20.5 Å². The van der Waals surface area contributed by atoms with Gasteiger partial charge in [-0.15, -0.1) is 0 Å². The van der Waals surface area contributed by atoms with Crippen molar-refractivity contribution >= 4 is 34.8 Å². The van der Waals surface area contributed by atoms with E-state index in [1.165, 1.54) is 0 Å².